The number of nitro groups is 1. The van der Waals surface area contributed by atoms with E-state index in [0.29, 0.717) is 18.9 Å². The molecule has 0 bridgehead atoms. The summed E-state index contributed by atoms with van der Waals surface area (Å²) >= 11 is 0. The summed E-state index contributed by atoms with van der Waals surface area (Å²) < 4.78 is 5.92. The van der Waals surface area contributed by atoms with Crippen LogP contribution >= 0.6 is 0 Å². The van der Waals surface area contributed by atoms with Gasteiger partial charge in [-0.25, -0.2) is 0 Å². The van der Waals surface area contributed by atoms with Crippen molar-refractivity contribution in [1.29, 1.82) is 0 Å². The van der Waals surface area contributed by atoms with E-state index in [4.69, 9.17) is 16.2 Å². The third-order valence-corrected chi connectivity index (χ3v) is 6.37. The number of hydrogen-bond acceptors (Lipinski definition) is 7. The highest BCUT2D eigenvalue weighted by Gasteiger charge is 2.28. The lowest BCUT2D eigenvalue weighted by Gasteiger charge is -2.31. The second-order valence-electron chi connectivity index (χ2n) is 9.13. The van der Waals surface area contributed by atoms with Gasteiger partial charge in [-0.05, 0) is 78.1 Å². The molecule has 6 N–H and O–H groups in total. The summed E-state index contributed by atoms with van der Waals surface area (Å²) in [4.78, 5) is 9.62. The van der Waals surface area contributed by atoms with Crippen LogP contribution in [0.2, 0.25) is 0 Å². The van der Waals surface area contributed by atoms with Crippen LogP contribution in [0, 0.1) is 10.1 Å². The zero-order valence-electron chi connectivity index (χ0n) is 21.3. The molecule has 0 aliphatic heterocycles. The Hall–Kier alpha value is -4.56. The third-order valence-electron chi connectivity index (χ3n) is 6.37. The molecule has 0 saturated heterocycles. The Morgan fingerprint density at radius 1 is 0.737 bits per heavy atom. The minimum Gasteiger partial charge on any atom is -0.508 e. The van der Waals surface area contributed by atoms with Gasteiger partial charge < -0.3 is 26.4 Å². The molecule has 8 heteroatoms. The SMILES string of the molecule is CC(CCOCCc1ccc(N)cc1)(c1ccc(O)cc1)c1ccc(O)cc1.Nc1ccc([N+](=O)[O-])cc1. The lowest BCUT2D eigenvalue weighted by atomic mass is 9.74. The van der Waals surface area contributed by atoms with Crippen molar-refractivity contribution in [3.8, 4) is 11.5 Å². The third kappa shape index (κ3) is 7.97. The predicted molar refractivity (Wildman–Crippen MR) is 150 cm³/mol. The average molecular weight is 516 g/mol. The van der Waals surface area contributed by atoms with E-state index in [1.807, 2.05) is 48.5 Å². The maximum Gasteiger partial charge on any atom is 0.269 e. The van der Waals surface area contributed by atoms with E-state index in [9.17, 15) is 20.3 Å². The summed E-state index contributed by atoms with van der Waals surface area (Å²) in [5.74, 6) is 0.494. The number of anilines is 2. The smallest absolute Gasteiger partial charge is 0.269 e. The largest absolute Gasteiger partial charge is 0.508 e. The van der Waals surface area contributed by atoms with Gasteiger partial charge in [-0.2, -0.15) is 0 Å². The van der Waals surface area contributed by atoms with Crippen LogP contribution in [0.25, 0.3) is 0 Å². The number of ether oxygens (including phenoxy) is 1. The standard InChI is InChI=1S/C24H27NO3.C6H6N2O2/c1-24(19-4-10-22(26)11-5-19,20-6-12-23(27)13-7-20)15-17-28-16-14-18-2-8-21(25)9-3-18;7-5-1-3-6(4-2-5)8(9)10/h2-13,26-27H,14-17,25H2,1H3;1-4H,7H2. The molecule has 0 atom stereocenters. The maximum atomic E-state index is 10.1. The number of rotatable bonds is 9. The zero-order chi connectivity index (χ0) is 27.5. The Bertz CT molecular complexity index is 1240. The van der Waals surface area contributed by atoms with Gasteiger partial charge in [-0.3, -0.25) is 10.1 Å². The van der Waals surface area contributed by atoms with E-state index < -0.39 is 4.92 Å². The fourth-order valence-corrected chi connectivity index (χ4v) is 3.96. The van der Waals surface area contributed by atoms with Gasteiger partial charge in [-0.1, -0.05) is 43.3 Å². The van der Waals surface area contributed by atoms with Gasteiger partial charge in [0.1, 0.15) is 11.5 Å². The summed E-state index contributed by atoms with van der Waals surface area (Å²) in [5, 5.41) is 29.3. The number of nitro benzene ring substituents is 1. The number of nitrogen functional groups attached to an aromatic ring is 2. The predicted octanol–water partition coefficient (Wildman–Crippen LogP) is 5.81. The van der Waals surface area contributed by atoms with Gasteiger partial charge >= 0.3 is 0 Å². The number of hydrogen-bond donors (Lipinski definition) is 4. The Morgan fingerprint density at radius 2 is 1.18 bits per heavy atom. The highest BCUT2D eigenvalue weighted by molar-refractivity contribution is 5.44. The van der Waals surface area contributed by atoms with Crippen LogP contribution in [0.1, 0.15) is 30.0 Å². The van der Waals surface area contributed by atoms with E-state index in [2.05, 4.69) is 6.92 Å². The lowest BCUT2D eigenvalue weighted by Crippen LogP contribution is -2.26. The Kier molecular flexibility index (Phi) is 9.67. The lowest BCUT2D eigenvalue weighted by molar-refractivity contribution is -0.384. The van der Waals surface area contributed by atoms with E-state index in [1.54, 1.807) is 24.3 Å². The summed E-state index contributed by atoms with van der Waals surface area (Å²) in [6, 6.07) is 28.2. The van der Waals surface area contributed by atoms with E-state index in [1.165, 1.54) is 29.8 Å². The molecule has 0 aliphatic carbocycles. The van der Waals surface area contributed by atoms with Crippen LogP contribution in [0.15, 0.2) is 97.1 Å². The van der Waals surface area contributed by atoms with Gasteiger partial charge in [-0.15, -0.1) is 0 Å². The fourth-order valence-electron chi connectivity index (χ4n) is 3.96. The molecular weight excluding hydrogens is 482 g/mol. The highest BCUT2D eigenvalue weighted by Crippen LogP contribution is 2.36. The second kappa shape index (κ2) is 13.1. The summed E-state index contributed by atoms with van der Waals surface area (Å²) in [6.07, 6.45) is 1.62. The Balaban J connectivity index is 0.000000336. The number of phenolic OH excluding ortho intramolecular Hbond substituents is 2. The molecular formula is C30H33N3O5. The molecule has 0 spiro atoms. The fraction of sp³-hybridized carbons (Fsp3) is 0.200. The van der Waals surface area contributed by atoms with Crippen molar-refractivity contribution in [3.63, 3.8) is 0 Å². The quantitative estimate of drug-likeness (QED) is 0.0952. The molecule has 8 nitrogen and oxygen atoms in total. The molecule has 38 heavy (non-hydrogen) atoms. The van der Waals surface area contributed by atoms with Crippen molar-refractivity contribution in [1.82, 2.24) is 0 Å². The van der Waals surface area contributed by atoms with Crippen LogP contribution in [0.4, 0.5) is 17.1 Å². The molecule has 0 aliphatic rings. The molecule has 0 fully saturated rings. The van der Waals surface area contributed by atoms with Gasteiger partial charge in [0, 0.05) is 35.5 Å². The summed E-state index contributed by atoms with van der Waals surface area (Å²) in [7, 11) is 0. The molecule has 0 saturated carbocycles. The molecule has 0 unspecified atom stereocenters. The topological polar surface area (TPSA) is 145 Å². The van der Waals surface area contributed by atoms with Crippen LogP contribution in [-0.4, -0.2) is 28.4 Å². The number of aromatic hydroxyl groups is 2. The van der Waals surface area contributed by atoms with Crippen molar-refractivity contribution in [2.24, 2.45) is 0 Å². The normalized spacial score (nSPS) is 10.9. The van der Waals surface area contributed by atoms with E-state index in [0.717, 1.165) is 29.7 Å². The molecule has 0 amide bonds. The van der Waals surface area contributed by atoms with Gasteiger partial charge in [0.05, 0.1) is 11.5 Å². The summed E-state index contributed by atoms with van der Waals surface area (Å²) in [6.45, 7) is 3.41. The Morgan fingerprint density at radius 3 is 1.63 bits per heavy atom. The number of nitrogens with two attached hydrogens (primary N) is 2. The molecule has 0 aromatic heterocycles. The minimum atomic E-state index is -0.459. The van der Waals surface area contributed by atoms with Crippen molar-refractivity contribution in [2.45, 2.75) is 25.2 Å². The van der Waals surface area contributed by atoms with E-state index >= 15 is 0 Å². The monoisotopic (exact) mass is 515 g/mol. The van der Waals surface area contributed by atoms with Crippen LogP contribution in [-0.2, 0) is 16.6 Å². The van der Waals surface area contributed by atoms with E-state index in [-0.39, 0.29) is 22.6 Å². The molecule has 0 radical (unpaired) electrons. The van der Waals surface area contributed by atoms with Crippen LogP contribution < -0.4 is 11.5 Å². The van der Waals surface area contributed by atoms with Crippen LogP contribution in [0.5, 0.6) is 11.5 Å². The molecule has 198 valence electrons. The molecule has 4 rings (SSSR count). The number of nitrogens with zero attached hydrogens (tertiary/aromatic N) is 1. The first-order valence-electron chi connectivity index (χ1n) is 12.2. The van der Waals surface area contributed by atoms with Crippen molar-refractivity contribution >= 4 is 17.1 Å². The number of benzene rings is 4. The van der Waals surface area contributed by atoms with Crippen molar-refractivity contribution in [2.75, 3.05) is 24.7 Å². The number of phenols is 2. The Labute approximate surface area is 222 Å². The first-order chi connectivity index (χ1) is 18.2. The first-order valence-corrected chi connectivity index (χ1v) is 12.2. The zero-order valence-corrected chi connectivity index (χ0v) is 21.3. The van der Waals surface area contributed by atoms with Gasteiger partial charge in [0.25, 0.3) is 5.69 Å². The first kappa shape index (κ1) is 28.0. The average Bonchev–Trinajstić information content (AvgIpc) is 2.91. The number of non-ortho nitro benzene ring substituents is 1. The second-order valence-corrected chi connectivity index (χ2v) is 9.13. The molecule has 4 aromatic carbocycles. The highest BCUT2D eigenvalue weighted by atomic mass is 16.6. The van der Waals surface area contributed by atoms with Crippen LogP contribution in [0.3, 0.4) is 0 Å². The molecule has 4 aromatic rings. The maximum absolute atomic E-state index is 10.1. The molecule has 0 heterocycles. The van der Waals surface area contributed by atoms with Gasteiger partial charge in [0.15, 0.2) is 0 Å². The minimum absolute atomic E-state index is 0.0641. The van der Waals surface area contributed by atoms with Gasteiger partial charge in [0.2, 0.25) is 0 Å². The summed E-state index contributed by atoms with van der Waals surface area (Å²) in [5.41, 5.74) is 15.5. The van der Waals surface area contributed by atoms with Crippen molar-refractivity contribution < 1.29 is 19.9 Å². The van der Waals surface area contributed by atoms with Crippen molar-refractivity contribution in [3.05, 3.63) is 124 Å².